The first kappa shape index (κ1) is 8.21. The first-order valence-corrected chi connectivity index (χ1v) is 5.00. The van der Waals surface area contributed by atoms with Crippen LogP contribution in [-0.2, 0) is 9.47 Å². The largest absolute Gasteiger partial charge is 0.390 e. The molecular weight excluding hydrogens is 168 g/mol. The minimum absolute atomic E-state index is 0.0170. The predicted molar refractivity (Wildman–Crippen MR) is 46.1 cm³/mol. The van der Waals surface area contributed by atoms with Crippen molar-refractivity contribution in [1.29, 1.82) is 0 Å². The molecule has 3 rings (SSSR count). The molecule has 1 saturated carbocycles. The molecule has 2 heterocycles. The molecular formula is C10H16O3. The average molecular weight is 184 g/mol. The molecule has 0 radical (unpaired) electrons. The number of hydrogen-bond donors (Lipinski definition) is 1. The Morgan fingerprint density at radius 1 is 1.31 bits per heavy atom. The Kier molecular flexibility index (Phi) is 1.33. The van der Waals surface area contributed by atoms with Gasteiger partial charge in [0.25, 0.3) is 0 Å². The van der Waals surface area contributed by atoms with Crippen LogP contribution < -0.4 is 0 Å². The van der Waals surface area contributed by atoms with Gasteiger partial charge in [0.05, 0.1) is 18.8 Å². The standard InChI is InChI=1S/C10H16O3/c1-9-3-6(11)7-4-10(9,2)8(13-7)12-5-9/h6-8,11H,3-5H2,1-2H3/t6-,7?,8-,9?,10+/m0/s1. The van der Waals surface area contributed by atoms with E-state index in [-0.39, 0.29) is 29.3 Å². The summed E-state index contributed by atoms with van der Waals surface area (Å²) in [6.07, 6.45) is 1.44. The first-order chi connectivity index (χ1) is 6.05. The molecule has 2 bridgehead atoms. The fourth-order valence-corrected chi connectivity index (χ4v) is 3.16. The lowest BCUT2D eigenvalue weighted by Crippen LogP contribution is -2.46. The van der Waals surface area contributed by atoms with Crippen LogP contribution in [-0.4, -0.2) is 30.2 Å². The Hall–Kier alpha value is -0.120. The Morgan fingerprint density at radius 3 is 2.85 bits per heavy atom. The van der Waals surface area contributed by atoms with E-state index in [0.29, 0.717) is 0 Å². The molecule has 2 aliphatic heterocycles. The topological polar surface area (TPSA) is 38.7 Å². The monoisotopic (exact) mass is 184 g/mol. The van der Waals surface area contributed by atoms with E-state index in [2.05, 4.69) is 13.8 Å². The van der Waals surface area contributed by atoms with E-state index in [0.717, 1.165) is 19.4 Å². The number of hydrogen-bond acceptors (Lipinski definition) is 3. The smallest absolute Gasteiger partial charge is 0.164 e. The summed E-state index contributed by atoms with van der Waals surface area (Å²) in [5, 5.41) is 9.82. The summed E-state index contributed by atoms with van der Waals surface area (Å²) in [4.78, 5) is 0. The fraction of sp³-hybridized carbons (Fsp3) is 1.00. The Bertz CT molecular complexity index is 255. The molecule has 3 heteroatoms. The Balaban J connectivity index is 2.06. The highest BCUT2D eigenvalue weighted by molar-refractivity contribution is 5.10. The van der Waals surface area contributed by atoms with Crippen molar-refractivity contribution >= 4 is 0 Å². The van der Waals surface area contributed by atoms with E-state index in [4.69, 9.17) is 9.47 Å². The van der Waals surface area contributed by atoms with Crippen molar-refractivity contribution in [3.63, 3.8) is 0 Å². The van der Waals surface area contributed by atoms with Crippen LogP contribution in [0.4, 0.5) is 0 Å². The second-order valence-electron chi connectivity index (χ2n) is 5.27. The average Bonchev–Trinajstić information content (AvgIpc) is 2.46. The molecule has 3 fully saturated rings. The highest BCUT2D eigenvalue weighted by Gasteiger charge is 2.66. The van der Waals surface area contributed by atoms with Crippen LogP contribution in [0.5, 0.6) is 0 Å². The second-order valence-corrected chi connectivity index (χ2v) is 5.27. The molecule has 3 nitrogen and oxygen atoms in total. The summed E-state index contributed by atoms with van der Waals surface area (Å²) in [5.41, 5.74) is 0.251. The second kappa shape index (κ2) is 2.10. The van der Waals surface area contributed by atoms with Crippen LogP contribution in [0.25, 0.3) is 0 Å². The molecule has 1 aliphatic carbocycles. The van der Waals surface area contributed by atoms with Gasteiger partial charge in [0.15, 0.2) is 6.29 Å². The Morgan fingerprint density at radius 2 is 2.08 bits per heavy atom. The zero-order valence-electron chi connectivity index (χ0n) is 8.12. The summed E-state index contributed by atoms with van der Waals surface area (Å²) >= 11 is 0. The van der Waals surface area contributed by atoms with Gasteiger partial charge >= 0.3 is 0 Å². The molecule has 0 aromatic carbocycles. The third-order valence-electron chi connectivity index (χ3n) is 4.46. The maximum absolute atomic E-state index is 9.82. The lowest BCUT2D eigenvalue weighted by Gasteiger charge is -2.43. The zero-order chi connectivity index (χ0) is 9.27. The minimum Gasteiger partial charge on any atom is -0.390 e. The Labute approximate surface area is 78.0 Å². The quantitative estimate of drug-likeness (QED) is 0.608. The van der Waals surface area contributed by atoms with Gasteiger partial charge in [-0.15, -0.1) is 0 Å². The molecule has 1 N–H and O–H groups in total. The zero-order valence-corrected chi connectivity index (χ0v) is 8.12. The van der Waals surface area contributed by atoms with Gasteiger partial charge in [0, 0.05) is 10.8 Å². The lowest BCUT2D eigenvalue weighted by atomic mass is 9.59. The van der Waals surface area contributed by atoms with Gasteiger partial charge < -0.3 is 14.6 Å². The van der Waals surface area contributed by atoms with E-state index >= 15 is 0 Å². The van der Waals surface area contributed by atoms with Gasteiger partial charge in [-0.2, -0.15) is 0 Å². The van der Waals surface area contributed by atoms with Gasteiger partial charge in [-0.05, 0) is 12.8 Å². The fourth-order valence-electron chi connectivity index (χ4n) is 3.16. The highest BCUT2D eigenvalue weighted by Crippen LogP contribution is 2.62. The molecule has 5 atom stereocenters. The molecule has 0 aromatic rings. The van der Waals surface area contributed by atoms with E-state index < -0.39 is 0 Å². The van der Waals surface area contributed by atoms with Crippen molar-refractivity contribution in [3.8, 4) is 0 Å². The molecule has 0 amide bonds. The number of aliphatic hydroxyl groups excluding tert-OH is 1. The molecule has 13 heavy (non-hydrogen) atoms. The first-order valence-electron chi connectivity index (χ1n) is 5.00. The maximum atomic E-state index is 9.82. The van der Waals surface area contributed by atoms with Crippen molar-refractivity contribution in [2.24, 2.45) is 10.8 Å². The molecule has 2 saturated heterocycles. The molecule has 2 unspecified atom stereocenters. The lowest BCUT2D eigenvalue weighted by molar-refractivity contribution is -0.153. The maximum Gasteiger partial charge on any atom is 0.164 e. The summed E-state index contributed by atoms with van der Waals surface area (Å²) < 4.78 is 11.3. The van der Waals surface area contributed by atoms with E-state index in [9.17, 15) is 5.11 Å². The summed E-state index contributed by atoms with van der Waals surface area (Å²) in [6, 6.07) is 0. The third kappa shape index (κ3) is 0.767. The number of aliphatic hydroxyl groups is 1. The highest BCUT2D eigenvalue weighted by atomic mass is 16.7. The van der Waals surface area contributed by atoms with Gasteiger partial charge in [0.1, 0.15) is 0 Å². The van der Waals surface area contributed by atoms with E-state index in [1.54, 1.807) is 0 Å². The van der Waals surface area contributed by atoms with Crippen molar-refractivity contribution < 1.29 is 14.6 Å². The molecule has 0 aromatic heterocycles. The van der Waals surface area contributed by atoms with Crippen molar-refractivity contribution in [1.82, 2.24) is 0 Å². The predicted octanol–water partition coefficient (Wildman–Crippen LogP) is 0.909. The molecule has 3 aliphatic rings. The van der Waals surface area contributed by atoms with Crippen molar-refractivity contribution in [2.75, 3.05) is 6.61 Å². The van der Waals surface area contributed by atoms with Gasteiger partial charge in [-0.1, -0.05) is 13.8 Å². The number of ether oxygens (including phenoxy) is 2. The van der Waals surface area contributed by atoms with Crippen molar-refractivity contribution in [3.05, 3.63) is 0 Å². The molecule has 0 spiro atoms. The summed E-state index contributed by atoms with van der Waals surface area (Å²) in [7, 11) is 0. The van der Waals surface area contributed by atoms with E-state index in [1.165, 1.54) is 0 Å². The minimum atomic E-state index is -0.285. The van der Waals surface area contributed by atoms with Crippen LogP contribution >= 0.6 is 0 Å². The van der Waals surface area contributed by atoms with Crippen LogP contribution in [0.15, 0.2) is 0 Å². The number of fused-ring (bicyclic) bond motifs is 1. The van der Waals surface area contributed by atoms with Crippen molar-refractivity contribution in [2.45, 2.75) is 45.2 Å². The normalized spacial score (nSPS) is 64.4. The SMILES string of the molecule is CC12CO[C@H]3OC(C[C@]31C)[C@@H](O)C2. The third-order valence-corrected chi connectivity index (χ3v) is 4.46. The van der Waals surface area contributed by atoms with Crippen LogP contribution in [0, 0.1) is 10.8 Å². The van der Waals surface area contributed by atoms with Gasteiger partial charge in [-0.25, -0.2) is 0 Å². The van der Waals surface area contributed by atoms with Gasteiger partial charge in [0.2, 0.25) is 0 Å². The van der Waals surface area contributed by atoms with Crippen LogP contribution in [0.3, 0.4) is 0 Å². The molecule has 74 valence electrons. The number of rotatable bonds is 0. The summed E-state index contributed by atoms with van der Waals surface area (Å²) in [6.45, 7) is 5.18. The summed E-state index contributed by atoms with van der Waals surface area (Å²) in [5.74, 6) is 0. The van der Waals surface area contributed by atoms with E-state index in [1.807, 2.05) is 0 Å². The van der Waals surface area contributed by atoms with Crippen LogP contribution in [0.1, 0.15) is 26.7 Å². The van der Waals surface area contributed by atoms with Gasteiger partial charge in [-0.3, -0.25) is 0 Å². The van der Waals surface area contributed by atoms with Crippen LogP contribution in [0.2, 0.25) is 0 Å².